The third-order valence-electron chi connectivity index (χ3n) is 3.26. The Balaban J connectivity index is 2.64. The molecule has 0 radical (unpaired) electrons. The highest BCUT2D eigenvalue weighted by Gasteiger charge is 2.19. The molecule has 0 heterocycles. The summed E-state index contributed by atoms with van der Waals surface area (Å²) in [7, 11) is 0. The van der Waals surface area contributed by atoms with Gasteiger partial charge in [0.1, 0.15) is 0 Å². The molecule has 3 aromatic rings. The summed E-state index contributed by atoms with van der Waals surface area (Å²) < 4.78 is 2.92. The quantitative estimate of drug-likeness (QED) is 0.132. The monoisotopic (exact) mass is 626 g/mol. The van der Waals surface area contributed by atoms with E-state index in [1.54, 1.807) is 0 Å². The van der Waals surface area contributed by atoms with E-state index >= 15 is 0 Å². The summed E-state index contributed by atoms with van der Waals surface area (Å²) in [6, 6.07) is 3.97. The van der Waals surface area contributed by atoms with Gasteiger partial charge in [0.15, 0.2) is 0 Å². The number of hydrogen-bond acceptors (Lipinski definition) is 0. The zero-order chi connectivity index (χ0) is 16.3. The maximum absolute atomic E-state index is 6.26. The van der Waals surface area contributed by atoms with Crippen LogP contribution in [-0.2, 0) is 0 Å². The first-order valence-electron chi connectivity index (χ1n) is 5.67. The Kier molecular flexibility index (Phi) is 5.36. The maximum atomic E-state index is 6.26. The second-order valence-electron chi connectivity index (χ2n) is 4.46. The molecule has 0 aliphatic heterocycles. The average molecular weight is 632 g/mol. The van der Waals surface area contributed by atoms with Crippen LogP contribution in [0.15, 0.2) is 30.0 Å². The van der Waals surface area contributed by atoms with E-state index in [0.29, 0.717) is 20.1 Å². The second kappa shape index (κ2) is 6.53. The van der Waals surface area contributed by atoms with Gasteiger partial charge in [0.2, 0.25) is 0 Å². The number of fused-ring (bicyclic) bond motifs is 2. The SMILES string of the molecule is Clc1c(Cl)c(Br)c2cc3c(Br)c(Cl)c(Cl)c(Br)c3cc2c1Br. The average Bonchev–Trinajstić information content (AvgIpc) is 2.52. The van der Waals surface area contributed by atoms with Gasteiger partial charge in [0.25, 0.3) is 0 Å². The fraction of sp³-hybridized carbons (Fsp3) is 0. The molecule has 8 heteroatoms. The van der Waals surface area contributed by atoms with E-state index in [4.69, 9.17) is 46.4 Å². The Bertz CT molecular complexity index is 816. The van der Waals surface area contributed by atoms with Gasteiger partial charge in [-0.1, -0.05) is 46.4 Å². The summed E-state index contributed by atoms with van der Waals surface area (Å²) in [4.78, 5) is 0. The normalized spacial score (nSPS) is 11.6. The number of hydrogen-bond donors (Lipinski definition) is 0. The Morgan fingerprint density at radius 1 is 0.455 bits per heavy atom. The lowest BCUT2D eigenvalue weighted by Gasteiger charge is -2.14. The fourth-order valence-corrected chi connectivity index (χ4v) is 5.53. The molecule has 3 rings (SSSR count). The van der Waals surface area contributed by atoms with E-state index in [1.165, 1.54) is 0 Å². The molecular weight excluding hydrogens is 630 g/mol. The summed E-state index contributed by atoms with van der Waals surface area (Å²) in [6.45, 7) is 0. The van der Waals surface area contributed by atoms with Crippen LogP contribution in [0, 0.1) is 0 Å². The fourth-order valence-electron chi connectivity index (χ4n) is 2.18. The summed E-state index contributed by atoms with van der Waals surface area (Å²) in [5.74, 6) is 0. The Morgan fingerprint density at radius 2 is 0.636 bits per heavy atom. The molecule has 0 spiro atoms. The van der Waals surface area contributed by atoms with Gasteiger partial charge in [-0.2, -0.15) is 0 Å². The molecule has 0 unspecified atom stereocenters. The Morgan fingerprint density at radius 3 is 0.818 bits per heavy atom. The third kappa shape index (κ3) is 2.66. The van der Waals surface area contributed by atoms with E-state index in [1.807, 2.05) is 12.1 Å². The number of halogens is 8. The molecular formula is C14H2Br4Cl4. The lowest BCUT2D eigenvalue weighted by atomic mass is 10.0. The van der Waals surface area contributed by atoms with Crippen molar-refractivity contribution < 1.29 is 0 Å². The summed E-state index contributed by atoms with van der Waals surface area (Å²) in [5.41, 5.74) is 0. The lowest BCUT2D eigenvalue weighted by Crippen LogP contribution is -1.87. The standard InChI is InChI=1S/C14H2Br4Cl4/c15-7-3-1-4-6(10(18)14(22)12(20)8(4)16)2-5(3)9(17)13(21)11(7)19/h1-2H. The molecule has 0 nitrogen and oxygen atoms in total. The van der Waals surface area contributed by atoms with E-state index in [9.17, 15) is 0 Å². The van der Waals surface area contributed by atoms with Crippen molar-refractivity contribution in [2.75, 3.05) is 0 Å². The molecule has 0 aromatic heterocycles. The van der Waals surface area contributed by atoms with Crippen LogP contribution in [0.25, 0.3) is 21.5 Å². The zero-order valence-electron chi connectivity index (χ0n) is 10.2. The molecule has 0 N–H and O–H groups in total. The number of rotatable bonds is 0. The minimum absolute atomic E-state index is 0.454. The number of benzene rings is 3. The highest BCUT2D eigenvalue weighted by atomic mass is 79.9. The maximum Gasteiger partial charge on any atom is 0.0752 e. The summed E-state index contributed by atoms with van der Waals surface area (Å²) >= 11 is 39.1. The highest BCUT2D eigenvalue weighted by molar-refractivity contribution is 9.11. The summed E-state index contributed by atoms with van der Waals surface area (Å²) in [5, 5.41) is 5.48. The van der Waals surface area contributed by atoms with Crippen molar-refractivity contribution in [1.82, 2.24) is 0 Å². The molecule has 0 amide bonds. The van der Waals surface area contributed by atoms with Crippen molar-refractivity contribution in [1.29, 1.82) is 0 Å². The van der Waals surface area contributed by atoms with Crippen molar-refractivity contribution in [2.45, 2.75) is 0 Å². The van der Waals surface area contributed by atoms with Gasteiger partial charge in [-0.15, -0.1) is 0 Å². The van der Waals surface area contributed by atoms with E-state index < -0.39 is 0 Å². The molecule has 0 aliphatic carbocycles. The van der Waals surface area contributed by atoms with Crippen molar-refractivity contribution in [3.63, 3.8) is 0 Å². The van der Waals surface area contributed by atoms with E-state index in [0.717, 1.165) is 39.4 Å². The molecule has 0 saturated carbocycles. The van der Waals surface area contributed by atoms with Gasteiger partial charge in [0, 0.05) is 17.9 Å². The van der Waals surface area contributed by atoms with Gasteiger partial charge in [-0.25, -0.2) is 0 Å². The van der Waals surface area contributed by atoms with Crippen LogP contribution in [-0.4, -0.2) is 0 Å². The van der Waals surface area contributed by atoms with Crippen LogP contribution >= 0.6 is 110 Å². The van der Waals surface area contributed by atoms with Gasteiger partial charge in [0.05, 0.1) is 20.1 Å². The van der Waals surface area contributed by atoms with Crippen LogP contribution in [0.3, 0.4) is 0 Å². The Hall–Kier alpha value is 1.26. The van der Waals surface area contributed by atoms with Gasteiger partial charge >= 0.3 is 0 Å². The predicted octanol–water partition coefficient (Wildman–Crippen LogP) is 9.66. The topological polar surface area (TPSA) is 0 Å². The van der Waals surface area contributed by atoms with E-state index in [-0.39, 0.29) is 0 Å². The largest absolute Gasteiger partial charge is 0.0814 e. The predicted molar refractivity (Wildman–Crippen MR) is 112 cm³/mol. The zero-order valence-corrected chi connectivity index (χ0v) is 19.5. The molecule has 0 aliphatic rings. The first-order chi connectivity index (χ1) is 10.3. The first-order valence-corrected chi connectivity index (χ1v) is 10.4. The minimum atomic E-state index is 0.454. The van der Waals surface area contributed by atoms with Crippen LogP contribution < -0.4 is 0 Å². The highest BCUT2D eigenvalue weighted by Crippen LogP contribution is 2.48. The molecule has 22 heavy (non-hydrogen) atoms. The molecule has 3 aromatic carbocycles. The molecule has 0 fully saturated rings. The van der Waals surface area contributed by atoms with Crippen LogP contribution in [0.5, 0.6) is 0 Å². The van der Waals surface area contributed by atoms with Crippen molar-refractivity contribution in [2.24, 2.45) is 0 Å². The minimum Gasteiger partial charge on any atom is -0.0814 e. The van der Waals surface area contributed by atoms with Crippen LogP contribution in [0.2, 0.25) is 20.1 Å². The van der Waals surface area contributed by atoms with Crippen molar-refractivity contribution in [3.05, 3.63) is 50.1 Å². The van der Waals surface area contributed by atoms with Crippen LogP contribution in [0.1, 0.15) is 0 Å². The molecule has 114 valence electrons. The molecule has 0 saturated heterocycles. The van der Waals surface area contributed by atoms with Gasteiger partial charge < -0.3 is 0 Å². The first kappa shape index (κ1) is 18.1. The van der Waals surface area contributed by atoms with Gasteiger partial charge in [-0.05, 0) is 97.4 Å². The third-order valence-corrected chi connectivity index (χ3v) is 9.17. The smallest absolute Gasteiger partial charge is 0.0752 e. The van der Waals surface area contributed by atoms with Gasteiger partial charge in [-0.3, -0.25) is 0 Å². The molecule has 0 bridgehead atoms. The van der Waals surface area contributed by atoms with Crippen molar-refractivity contribution in [3.8, 4) is 0 Å². The summed E-state index contributed by atoms with van der Waals surface area (Å²) in [6.07, 6.45) is 0. The molecule has 0 atom stereocenters. The lowest BCUT2D eigenvalue weighted by molar-refractivity contribution is 1.65. The van der Waals surface area contributed by atoms with E-state index in [2.05, 4.69) is 63.7 Å². The second-order valence-corrected chi connectivity index (χ2v) is 9.14. The van der Waals surface area contributed by atoms with Crippen molar-refractivity contribution >= 4 is 132 Å². The Labute approximate surface area is 179 Å². The van der Waals surface area contributed by atoms with Crippen LogP contribution in [0.4, 0.5) is 0 Å².